The first kappa shape index (κ1) is 7.53. The normalized spacial score (nSPS) is 22.8. The van der Waals surface area contributed by atoms with Crippen molar-refractivity contribution in [3.8, 4) is 0 Å². The molecule has 1 heterocycles. The zero-order chi connectivity index (χ0) is 7.68. The predicted molar refractivity (Wildman–Crippen MR) is 53.9 cm³/mol. The van der Waals surface area contributed by atoms with Gasteiger partial charge in [0.15, 0.2) is 0 Å². The van der Waals surface area contributed by atoms with E-state index in [4.69, 9.17) is 0 Å². The highest BCUT2D eigenvalue weighted by atomic mass is 127. The number of nitrogens with zero attached hydrogens (tertiary/aromatic N) is 1. The van der Waals surface area contributed by atoms with Gasteiger partial charge in [0.05, 0.1) is 9.62 Å². The van der Waals surface area contributed by atoms with Crippen LogP contribution in [0.3, 0.4) is 0 Å². The molecule has 2 rings (SSSR count). The molecular weight excluding hydrogens is 249 g/mol. The van der Waals surface area contributed by atoms with Gasteiger partial charge in [-0.3, -0.25) is 4.98 Å². The molecule has 0 fully saturated rings. The van der Waals surface area contributed by atoms with Crippen molar-refractivity contribution in [1.82, 2.24) is 4.98 Å². The van der Waals surface area contributed by atoms with E-state index in [1.807, 2.05) is 12.3 Å². The molecule has 0 saturated heterocycles. The molecule has 0 radical (unpaired) electrons. The van der Waals surface area contributed by atoms with Crippen LogP contribution in [0, 0.1) is 0 Å². The van der Waals surface area contributed by atoms with E-state index in [2.05, 4.69) is 33.6 Å². The Balaban J connectivity index is 2.44. The van der Waals surface area contributed by atoms with Gasteiger partial charge in [-0.15, -0.1) is 0 Å². The fourth-order valence-electron chi connectivity index (χ4n) is 1.55. The molecule has 1 nitrogen and oxygen atoms in total. The van der Waals surface area contributed by atoms with Crippen molar-refractivity contribution in [2.75, 3.05) is 0 Å². The van der Waals surface area contributed by atoms with Crippen LogP contribution < -0.4 is 0 Å². The van der Waals surface area contributed by atoms with E-state index in [-0.39, 0.29) is 0 Å². The minimum absolute atomic E-state index is 0.651. The second kappa shape index (κ2) is 3.09. The van der Waals surface area contributed by atoms with E-state index in [9.17, 15) is 0 Å². The number of aryl methyl sites for hydroxylation is 1. The standard InChI is InChI=1S/C9H10IN/c10-8-5-1-3-7-4-2-6-11-9(7)8/h2,4,6,8H,1,3,5H2. The van der Waals surface area contributed by atoms with Crippen LogP contribution in [0.4, 0.5) is 0 Å². The van der Waals surface area contributed by atoms with E-state index in [0.29, 0.717) is 3.92 Å². The van der Waals surface area contributed by atoms with E-state index in [1.165, 1.54) is 30.5 Å². The second-order valence-corrected chi connectivity index (χ2v) is 4.41. The van der Waals surface area contributed by atoms with Gasteiger partial charge in [0.25, 0.3) is 0 Å². The maximum Gasteiger partial charge on any atom is 0.0563 e. The van der Waals surface area contributed by atoms with E-state index in [0.717, 1.165) is 0 Å². The number of aromatic nitrogens is 1. The lowest BCUT2D eigenvalue weighted by Gasteiger charge is -2.18. The van der Waals surface area contributed by atoms with Gasteiger partial charge in [-0.2, -0.15) is 0 Å². The molecule has 1 unspecified atom stereocenters. The topological polar surface area (TPSA) is 12.9 Å². The average molecular weight is 259 g/mol. The lowest BCUT2D eigenvalue weighted by Crippen LogP contribution is -2.06. The van der Waals surface area contributed by atoms with Gasteiger partial charge in [0.1, 0.15) is 0 Å². The third kappa shape index (κ3) is 1.41. The summed E-state index contributed by atoms with van der Waals surface area (Å²) in [6, 6.07) is 4.24. The molecule has 58 valence electrons. The summed E-state index contributed by atoms with van der Waals surface area (Å²) < 4.78 is 0.651. The van der Waals surface area contributed by atoms with Crippen LogP contribution >= 0.6 is 22.6 Å². The Morgan fingerprint density at radius 3 is 3.27 bits per heavy atom. The van der Waals surface area contributed by atoms with Gasteiger partial charge in [-0.05, 0) is 30.9 Å². The Morgan fingerprint density at radius 2 is 2.45 bits per heavy atom. The Morgan fingerprint density at radius 1 is 1.55 bits per heavy atom. The van der Waals surface area contributed by atoms with Crippen LogP contribution in [0.25, 0.3) is 0 Å². The number of hydrogen-bond acceptors (Lipinski definition) is 1. The van der Waals surface area contributed by atoms with Crippen molar-refractivity contribution >= 4 is 22.6 Å². The molecule has 1 aromatic rings. The molecular formula is C9H10IN. The van der Waals surface area contributed by atoms with Crippen LogP contribution in [-0.4, -0.2) is 4.98 Å². The monoisotopic (exact) mass is 259 g/mol. The van der Waals surface area contributed by atoms with Gasteiger partial charge in [-0.25, -0.2) is 0 Å². The first-order valence-corrected chi connectivity index (χ1v) is 5.20. The molecule has 0 spiro atoms. The number of hydrogen-bond donors (Lipinski definition) is 0. The molecule has 1 atom stereocenters. The summed E-state index contributed by atoms with van der Waals surface area (Å²) in [7, 11) is 0. The first-order chi connectivity index (χ1) is 5.38. The number of alkyl halides is 1. The summed E-state index contributed by atoms with van der Waals surface area (Å²) in [5.74, 6) is 0. The highest BCUT2D eigenvalue weighted by Gasteiger charge is 2.17. The van der Waals surface area contributed by atoms with Crippen LogP contribution in [-0.2, 0) is 6.42 Å². The first-order valence-electron chi connectivity index (χ1n) is 3.96. The molecule has 1 aromatic heterocycles. The molecule has 1 aliphatic carbocycles. The van der Waals surface area contributed by atoms with Crippen molar-refractivity contribution < 1.29 is 0 Å². The molecule has 2 heteroatoms. The molecule has 11 heavy (non-hydrogen) atoms. The average Bonchev–Trinajstić information content (AvgIpc) is 2.06. The lowest BCUT2D eigenvalue weighted by molar-refractivity contribution is 0.671. The van der Waals surface area contributed by atoms with Crippen molar-refractivity contribution in [2.24, 2.45) is 0 Å². The van der Waals surface area contributed by atoms with E-state index < -0.39 is 0 Å². The summed E-state index contributed by atoms with van der Waals surface area (Å²) in [5, 5.41) is 0. The minimum Gasteiger partial charge on any atom is -0.260 e. The summed E-state index contributed by atoms with van der Waals surface area (Å²) in [5.41, 5.74) is 2.78. The zero-order valence-electron chi connectivity index (χ0n) is 6.26. The molecule has 0 saturated carbocycles. The molecule has 0 amide bonds. The predicted octanol–water partition coefficient (Wildman–Crippen LogP) is 2.89. The largest absolute Gasteiger partial charge is 0.260 e. The summed E-state index contributed by atoms with van der Waals surface area (Å²) >= 11 is 2.49. The fourth-order valence-corrected chi connectivity index (χ4v) is 2.55. The molecule has 0 aromatic carbocycles. The summed E-state index contributed by atoms with van der Waals surface area (Å²) in [6.07, 6.45) is 5.75. The quantitative estimate of drug-likeness (QED) is 0.515. The van der Waals surface area contributed by atoms with Crippen LogP contribution in [0.2, 0.25) is 0 Å². The highest BCUT2D eigenvalue weighted by molar-refractivity contribution is 14.1. The maximum absolute atomic E-state index is 4.39. The van der Waals surface area contributed by atoms with Gasteiger partial charge in [0, 0.05) is 6.20 Å². The zero-order valence-corrected chi connectivity index (χ0v) is 8.41. The third-order valence-electron chi connectivity index (χ3n) is 2.13. The van der Waals surface area contributed by atoms with Crippen LogP contribution in [0.5, 0.6) is 0 Å². The van der Waals surface area contributed by atoms with Crippen molar-refractivity contribution in [1.29, 1.82) is 0 Å². The minimum atomic E-state index is 0.651. The molecule has 1 aliphatic rings. The van der Waals surface area contributed by atoms with E-state index in [1.54, 1.807) is 0 Å². The van der Waals surface area contributed by atoms with Gasteiger partial charge in [-0.1, -0.05) is 28.7 Å². The number of fused-ring (bicyclic) bond motifs is 1. The fraction of sp³-hybridized carbons (Fsp3) is 0.444. The second-order valence-electron chi connectivity index (χ2n) is 2.91. The summed E-state index contributed by atoms with van der Waals surface area (Å²) in [6.45, 7) is 0. The number of rotatable bonds is 0. The number of halogens is 1. The Hall–Kier alpha value is -0.120. The van der Waals surface area contributed by atoms with Crippen LogP contribution in [0.1, 0.15) is 28.0 Å². The highest BCUT2D eigenvalue weighted by Crippen LogP contribution is 2.34. The SMILES string of the molecule is IC1CCCc2cccnc21. The Kier molecular flexibility index (Phi) is 2.11. The maximum atomic E-state index is 4.39. The van der Waals surface area contributed by atoms with Gasteiger partial charge < -0.3 is 0 Å². The lowest BCUT2D eigenvalue weighted by atomic mass is 9.96. The molecule has 0 bridgehead atoms. The third-order valence-corrected chi connectivity index (χ3v) is 3.34. The number of pyridine rings is 1. The van der Waals surface area contributed by atoms with Gasteiger partial charge >= 0.3 is 0 Å². The van der Waals surface area contributed by atoms with Crippen molar-refractivity contribution in [3.63, 3.8) is 0 Å². The molecule has 0 aliphatic heterocycles. The van der Waals surface area contributed by atoms with Crippen molar-refractivity contribution in [3.05, 3.63) is 29.6 Å². The van der Waals surface area contributed by atoms with Crippen LogP contribution in [0.15, 0.2) is 18.3 Å². The smallest absolute Gasteiger partial charge is 0.0563 e. The summed E-state index contributed by atoms with van der Waals surface area (Å²) in [4.78, 5) is 4.39. The van der Waals surface area contributed by atoms with E-state index >= 15 is 0 Å². The molecule has 0 N–H and O–H groups in total. The Labute approximate surface area is 80.4 Å². The van der Waals surface area contributed by atoms with Gasteiger partial charge in [0.2, 0.25) is 0 Å². The van der Waals surface area contributed by atoms with Crippen molar-refractivity contribution in [2.45, 2.75) is 23.2 Å². The Bertz CT molecular complexity index is 259.